The highest BCUT2D eigenvalue weighted by Gasteiger charge is 2.33. The first-order valence-corrected chi connectivity index (χ1v) is 9.10. The Kier molecular flexibility index (Phi) is 3.84. The van der Waals surface area contributed by atoms with Gasteiger partial charge in [0.25, 0.3) is 0 Å². The van der Waals surface area contributed by atoms with E-state index in [1.165, 1.54) is 24.3 Å². The van der Waals surface area contributed by atoms with Gasteiger partial charge < -0.3 is 0 Å². The smallest absolute Gasteiger partial charge is 0.258 e. The second-order valence-electron chi connectivity index (χ2n) is 3.86. The van der Waals surface area contributed by atoms with Gasteiger partial charge in [0.1, 0.15) is 4.21 Å². The lowest BCUT2D eigenvalue weighted by Gasteiger charge is -2.00. The van der Waals surface area contributed by atoms with E-state index in [0.29, 0.717) is 6.07 Å². The molecule has 0 aliphatic carbocycles. The van der Waals surface area contributed by atoms with Crippen LogP contribution in [-0.2, 0) is 19.9 Å². The molecule has 11 heteroatoms. The number of nitrogens with two attached hydrogens (primary N) is 1. The van der Waals surface area contributed by atoms with Crippen molar-refractivity contribution in [3.63, 3.8) is 0 Å². The molecule has 0 fully saturated rings. The van der Waals surface area contributed by atoms with E-state index < -0.39 is 38.9 Å². The van der Waals surface area contributed by atoms with Gasteiger partial charge in [-0.25, -0.2) is 22.0 Å². The van der Waals surface area contributed by atoms with Gasteiger partial charge in [-0.15, -0.1) is 11.3 Å². The van der Waals surface area contributed by atoms with Crippen LogP contribution in [0.2, 0.25) is 0 Å². The molecule has 21 heavy (non-hydrogen) atoms. The van der Waals surface area contributed by atoms with Crippen LogP contribution < -0.4 is 5.14 Å². The third kappa shape index (κ3) is 2.95. The van der Waals surface area contributed by atoms with Crippen LogP contribution in [0.4, 0.5) is 5.69 Å². The lowest BCUT2D eigenvalue weighted by molar-refractivity contribution is -0.387. The summed E-state index contributed by atoms with van der Waals surface area (Å²) < 4.78 is 46.0. The summed E-state index contributed by atoms with van der Waals surface area (Å²) in [5.41, 5.74) is -0.812. The zero-order chi connectivity index (χ0) is 15.8. The molecule has 0 aliphatic rings. The summed E-state index contributed by atoms with van der Waals surface area (Å²) in [6.45, 7) is 0. The zero-order valence-corrected chi connectivity index (χ0v) is 12.6. The van der Waals surface area contributed by atoms with Gasteiger partial charge in [0.15, 0.2) is 0 Å². The van der Waals surface area contributed by atoms with Crippen LogP contribution in [0.1, 0.15) is 0 Å². The molecule has 0 bridgehead atoms. The van der Waals surface area contributed by atoms with Gasteiger partial charge in [-0.1, -0.05) is 18.2 Å². The number of benzene rings is 1. The topological polar surface area (TPSA) is 137 Å². The van der Waals surface area contributed by atoms with Crippen LogP contribution >= 0.6 is 11.3 Å². The van der Waals surface area contributed by atoms with Gasteiger partial charge in [-0.3, -0.25) is 10.1 Å². The fourth-order valence-corrected chi connectivity index (χ4v) is 5.39. The van der Waals surface area contributed by atoms with Crippen molar-refractivity contribution in [3.05, 3.63) is 46.5 Å². The molecule has 8 nitrogen and oxygen atoms in total. The minimum atomic E-state index is -4.23. The fraction of sp³-hybridized carbons (Fsp3) is 0. The molecule has 0 spiro atoms. The summed E-state index contributed by atoms with van der Waals surface area (Å²) in [4.78, 5) is 9.82. The van der Waals surface area contributed by atoms with E-state index in [0.717, 1.165) is 0 Å². The maximum atomic E-state index is 12.4. The Morgan fingerprint density at radius 3 is 2.14 bits per heavy atom. The van der Waals surface area contributed by atoms with Crippen LogP contribution in [0.5, 0.6) is 0 Å². The third-order valence-corrected chi connectivity index (χ3v) is 7.27. The molecule has 0 radical (unpaired) electrons. The van der Waals surface area contributed by atoms with Gasteiger partial charge >= 0.3 is 5.69 Å². The zero-order valence-electron chi connectivity index (χ0n) is 10.2. The van der Waals surface area contributed by atoms with Crippen molar-refractivity contribution in [2.45, 2.75) is 13.3 Å². The van der Waals surface area contributed by atoms with Crippen LogP contribution in [0.15, 0.2) is 49.7 Å². The number of primary sulfonamides is 1. The standard InChI is InChI=1S/C10H8N2O6S3/c11-21(17,18)9-6-8(12(13)14)10(19-9)20(15,16)7-4-2-1-3-5-7/h1-6H,(H2,11,17,18). The first-order chi connectivity index (χ1) is 9.64. The van der Waals surface area contributed by atoms with E-state index in [-0.39, 0.29) is 16.2 Å². The minimum Gasteiger partial charge on any atom is -0.258 e. The Morgan fingerprint density at radius 2 is 1.67 bits per heavy atom. The van der Waals surface area contributed by atoms with E-state index >= 15 is 0 Å². The third-order valence-electron chi connectivity index (χ3n) is 2.43. The minimum absolute atomic E-state index is 0.170. The van der Waals surface area contributed by atoms with Crippen LogP contribution in [-0.4, -0.2) is 21.8 Å². The molecule has 2 rings (SSSR count). The SMILES string of the molecule is NS(=O)(=O)c1cc([N+](=O)[O-])c(S(=O)(=O)c2ccccc2)s1. The summed E-state index contributed by atoms with van der Waals surface area (Å²) in [6, 6.07) is 7.65. The van der Waals surface area contributed by atoms with Crippen molar-refractivity contribution in [3.8, 4) is 0 Å². The Morgan fingerprint density at radius 1 is 1.10 bits per heavy atom. The number of nitrogens with zero attached hydrogens (tertiary/aromatic N) is 1. The van der Waals surface area contributed by atoms with Crippen molar-refractivity contribution >= 4 is 36.9 Å². The summed E-state index contributed by atoms with van der Waals surface area (Å²) in [7, 11) is -8.43. The van der Waals surface area contributed by atoms with Gasteiger partial charge in [-0.05, 0) is 12.1 Å². The molecule has 1 aromatic carbocycles. The molecular formula is C10H8N2O6S3. The molecule has 0 unspecified atom stereocenters. The highest BCUT2D eigenvalue weighted by molar-refractivity contribution is 7.95. The Balaban J connectivity index is 2.75. The average Bonchev–Trinajstić information content (AvgIpc) is 2.85. The summed E-state index contributed by atoms with van der Waals surface area (Å²) in [5, 5.41) is 15.8. The van der Waals surface area contributed by atoms with Crippen molar-refractivity contribution in [1.29, 1.82) is 0 Å². The molecule has 1 aromatic heterocycles. The quantitative estimate of drug-likeness (QED) is 0.649. The molecule has 2 N–H and O–H groups in total. The predicted molar refractivity (Wildman–Crippen MR) is 74.2 cm³/mol. The number of hydrogen-bond acceptors (Lipinski definition) is 7. The highest BCUT2D eigenvalue weighted by Crippen LogP contribution is 2.38. The Hall–Kier alpha value is -1.82. The lowest BCUT2D eigenvalue weighted by atomic mass is 10.4. The number of hydrogen-bond donors (Lipinski definition) is 1. The van der Waals surface area contributed by atoms with Gasteiger partial charge in [0.05, 0.1) is 9.82 Å². The average molecular weight is 348 g/mol. The molecule has 0 saturated heterocycles. The van der Waals surface area contributed by atoms with Crippen LogP contribution in [0.25, 0.3) is 0 Å². The molecule has 0 amide bonds. The number of thiophene rings is 1. The monoisotopic (exact) mass is 348 g/mol. The van der Waals surface area contributed by atoms with E-state index in [9.17, 15) is 26.9 Å². The van der Waals surface area contributed by atoms with Crippen molar-refractivity contribution in [2.75, 3.05) is 0 Å². The molecule has 0 aliphatic heterocycles. The first-order valence-electron chi connectivity index (χ1n) is 5.25. The van der Waals surface area contributed by atoms with Crippen LogP contribution in [0, 0.1) is 10.1 Å². The normalized spacial score (nSPS) is 12.2. The maximum absolute atomic E-state index is 12.4. The molecule has 112 valence electrons. The van der Waals surface area contributed by atoms with E-state index in [2.05, 4.69) is 0 Å². The van der Waals surface area contributed by atoms with E-state index in [1.54, 1.807) is 6.07 Å². The summed E-state index contributed by atoms with van der Waals surface area (Å²) in [5.74, 6) is 0. The first kappa shape index (κ1) is 15.6. The molecule has 1 heterocycles. The second-order valence-corrected chi connectivity index (χ2v) is 8.84. The summed E-state index contributed by atoms with van der Waals surface area (Å²) >= 11 is 0.254. The van der Waals surface area contributed by atoms with Gasteiger partial charge in [-0.2, -0.15) is 0 Å². The predicted octanol–water partition coefficient (Wildman–Crippen LogP) is 1.14. The maximum Gasteiger partial charge on any atom is 0.300 e. The molecular weight excluding hydrogens is 340 g/mol. The number of sulfone groups is 1. The number of nitro groups is 1. The molecule has 0 atom stereocenters. The van der Waals surface area contributed by atoms with Crippen LogP contribution in [0.3, 0.4) is 0 Å². The molecule has 2 aromatic rings. The molecule has 0 saturated carbocycles. The van der Waals surface area contributed by atoms with Crippen molar-refractivity contribution < 1.29 is 21.8 Å². The van der Waals surface area contributed by atoms with Crippen molar-refractivity contribution in [1.82, 2.24) is 0 Å². The highest BCUT2D eigenvalue weighted by atomic mass is 32.3. The summed E-state index contributed by atoms with van der Waals surface area (Å²) in [6.07, 6.45) is 0. The Bertz CT molecular complexity index is 900. The lowest BCUT2D eigenvalue weighted by Crippen LogP contribution is -2.10. The van der Waals surface area contributed by atoms with E-state index in [4.69, 9.17) is 5.14 Å². The van der Waals surface area contributed by atoms with Crippen molar-refractivity contribution in [2.24, 2.45) is 5.14 Å². The second kappa shape index (κ2) is 5.18. The number of sulfonamides is 1. The van der Waals surface area contributed by atoms with Gasteiger partial charge in [0.2, 0.25) is 24.1 Å². The largest absolute Gasteiger partial charge is 0.300 e. The number of rotatable bonds is 4. The van der Waals surface area contributed by atoms with E-state index in [1.807, 2.05) is 0 Å². The Labute approximate surface area is 124 Å². The van der Waals surface area contributed by atoms with Gasteiger partial charge in [0, 0.05) is 6.07 Å². The fourth-order valence-electron chi connectivity index (χ4n) is 1.51.